The van der Waals surface area contributed by atoms with Crippen LogP contribution in [0.3, 0.4) is 0 Å². The van der Waals surface area contributed by atoms with Gasteiger partial charge in [0, 0.05) is 30.1 Å². The molecule has 2 aromatic rings. The third-order valence-electron chi connectivity index (χ3n) is 7.39. The fourth-order valence-corrected chi connectivity index (χ4v) is 4.63. The number of unbranched alkanes of at least 4 members (excludes halogenated alkanes) is 1. The quantitative estimate of drug-likeness (QED) is 0.0586. The molecule has 238 valence electrons. The van der Waals surface area contributed by atoms with Crippen molar-refractivity contribution in [2.45, 2.75) is 83.0 Å². The SMILES string of the molecule is CCC(C)C(NC(=O)C(N)CCCCN)C(=O)NC(CCCN=C(N)N)C(=O)NC(Cc1c[nH]c2ccccc12)C(=O)O. The molecule has 0 saturated carbocycles. The number of nitrogens with one attached hydrogen (secondary N) is 4. The van der Waals surface area contributed by atoms with Crippen molar-refractivity contribution in [2.75, 3.05) is 13.1 Å². The smallest absolute Gasteiger partial charge is 0.326 e. The van der Waals surface area contributed by atoms with Gasteiger partial charge in [0.25, 0.3) is 0 Å². The van der Waals surface area contributed by atoms with Crippen LogP contribution in [0.1, 0.15) is 57.9 Å². The number of aromatic nitrogens is 1. The molecular weight excluding hydrogens is 554 g/mol. The van der Waals surface area contributed by atoms with Gasteiger partial charge >= 0.3 is 5.97 Å². The Labute approximate surface area is 251 Å². The molecule has 43 heavy (non-hydrogen) atoms. The second kappa shape index (κ2) is 17.7. The maximum absolute atomic E-state index is 13.5. The monoisotopic (exact) mass is 601 g/mol. The lowest BCUT2D eigenvalue weighted by Gasteiger charge is -2.28. The van der Waals surface area contributed by atoms with Gasteiger partial charge in [0.1, 0.15) is 18.1 Å². The number of hydrogen-bond donors (Lipinski definition) is 9. The van der Waals surface area contributed by atoms with Gasteiger partial charge in [-0.1, -0.05) is 44.9 Å². The lowest BCUT2D eigenvalue weighted by atomic mass is 9.96. The molecule has 0 aliphatic carbocycles. The van der Waals surface area contributed by atoms with E-state index in [0.717, 1.165) is 22.9 Å². The standard InChI is InChI=1S/C29H47N9O5/c1-3-17(2)24(38-25(39)20(31)10-6-7-13-30)27(41)36-22(12-8-14-34-29(32)33)26(40)37-23(28(42)43)15-18-16-35-21-11-5-4-9-19(18)21/h4-5,9,11,16-17,20,22-24,35H,3,6-8,10,12-15,30-31H2,1-2H3,(H,36,41)(H,37,40)(H,38,39)(H,42,43)(H4,32,33,34). The lowest BCUT2D eigenvalue weighted by molar-refractivity contribution is -0.142. The number of carbonyl (C=O) groups is 4. The van der Waals surface area contributed by atoms with Gasteiger partial charge in [0.05, 0.1) is 6.04 Å². The normalized spacial score (nSPS) is 14.6. The summed E-state index contributed by atoms with van der Waals surface area (Å²) in [5.74, 6) is -3.36. The second-order valence-electron chi connectivity index (χ2n) is 10.7. The Bertz CT molecular complexity index is 1240. The minimum absolute atomic E-state index is 0.0212. The van der Waals surface area contributed by atoms with Gasteiger partial charge < -0.3 is 49.0 Å². The summed E-state index contributed by atoms with van der Waals surface area (Å²) in [6.07, 6.45) is 4.55. The molecule has 13 N–H and O–H groups in total. The summed E-state index contributed by atoms with van der Waals surface area (Å²) >= 11 is 0. The van der Waals surface area contributed by atoms with E-state index in [2.05, 4.69) is 25.9 Å². The maximum atomic E-state index is 13.5. The first-order valence-electron chi connectivity index (χ1n) is 14.7. The van der Waals surface area contributed by atoms with E-state index >= 15 is 0 Å². The summed E-state index contributed by atoms with van der Waals surface area (Å²) in [4.78, 5) is 58.9. The van der Waals surface area contributed by atoms with Crippen molar-refractivity contribution in [2.24, 2.45) is 33.8 Å². The van der Waals surface area contributed by atoms with Crippen molar-refractivity contribution >= 4 is 40.6 Å². The molecule has 3 amide bonds. The highest BCUT2D eigenvalue weighted by molar-refractivity contribution is 5.94. The van der Waals surface area contributed by atoms with Crippen LogP contribution in [0.15, 0.2) is 35.5 Å². The Kier molecular flexibility index (Phi) is 14.4. The Balaban J connectivity index is 2.21. The van der Waals surface area contributed by atoms with Crippen LogP contribution in [0.4, 0.5) is 0 Å². The number of para-hydroxylation sites is 1. The Morgan fingerprint density at radius 1 is 0.953 bits per heavy atom. The average Bonchev–Trinajstić information content (AvgIpc) is 3.38. The molecular formula is C29H47N9O5. The minimum atomic E-state index is -1.26. The zero-order chi connectivity index (χ0) is 31.9. The van der Waals surface area contributed by atoms with E-state index < -0.39 is 47.9 Å². The molecule has 1 heterocycles. The summed E-state index contributed by atoms with van der Waals surface area (Å²) < 4.78 is 0. The Morgan fingerprint density at radius 3 is 2.30 bits per heavy atom. The summed E-state index contributed by atoms with van der Waals surface area (Å²) in [6.45, 7) is 4.37. The van der Waals surface area contributed by atoms with Crippen molar-refractivity contribution in [1.82, 2.24) is 20.9 Å². The van der Waals surface area contributed by atoms with Crippen LogP contribution in [0.2, 0.25) is 0 Å². The first-order chi connectivity index (χ1) is 20.5. The Morgan fingerprint density at radius 2 is 1.65 bits per heavy atom. The van der Waals surface area contributed by atoms with Crippen molar-refractivity contribution < 1.29 is 24.3 Å². The van der Waals surface area contributed by atoms with Crippen LogP contribution in [-0.4, -0.2) is 77.0 Å². The van der Waals surface area contributed by atoms with Crippen LogP contribution in [-0.2, 0) is 25.6 Å². The van der Waals surface area contributed by atoms with Crippen molar-refractivity contribution in [3.63, 3.8) is 0 Å². The van der Waals surface area contributed by atoms with Crippen molar-refractivity contribution in [1.29, 1.82) is 0 Å². The number of rotatable bonds is 19. The Hall–Kier alpha value is -4.17. The van der Waals surface area contributed by atoms with E-state index in [9.17, 15) is 24.3 Å². The molecule has 5 unspecified atom stereocenters. The number of aliphatic imine (C=N–C) groups is 1. The number of nitrogens with zero attached hydrogens (tertiary/aromatic N) is 1. The fraction of sp³-hybridized carbons (Fsp3) is 0.552. The molecule has 2 rings (SSSR count). The summed E-state index contributed by atoms with van der Waals surface area (Å²) in [5, 5.41) is 18.8. The number of carboxylic acids is 1. The number of nitrogens with two attached hydrogens (primary N) is 4. The van der Waals surface area contributed by atoms with E-state index in [-0.39, 0.29) is 31.3 Å². The van der Waals surface area contributed by atoms with Crippen molar-refractivity contribution in [3.05, 3.63) is 36.0 Å². The summed E-state index contributed by atoms with van der Waals surface area (Å²) in [6, 6.07) is 3.28. The zero-order valence-electron chi connectivity index (χ0n) is 25.0. The van der Waals surface area contributed by atoms with E-state index in [1.807, 2.05) is 31.2 Å². The highest BCUT2D eigenvalue weighted by Crippen LogP contribution is 2.19. The number of carbonyl (C=O) groups excluding carboxylic acids is 3. The summed E-state index contributed by atoms with van der Waals surface area (Å²) in [5.41, 5.74) is 23.9. The zero-order valence-corrected chi connectivity index (χ0v) is 25.0. The highest BCUT2D eigenvalue weighted by atomic mass is 16.4. The molecule has 0 spiro atoms. The van der Waals surface area contributed by atoms with Gasteiger partial charge in [0.2, 0.25) is 17.7 Å². The molecule has 0 bridgehead atoms. The predicted octanol–water partition coefficient (Wildman–Crippen LogP) is -0.195. The number of guanidine groups is 1. The predicted molar refractivity (Wildman–Crippen MR) is 166 cm³/mol. The lowest BCUT2D eigenvalue weighted by Crippen LogP contribution is -2.58. The van der Waals surface area contributed by atoms with Crippen LogP contribution >= 0.6 is 0 Å². The number of aliphatic carboxylic acids is 1. The van der Waals surface area contributed by atoms with Gasteiger partial charge in [-0.15, -0.1) is 0 Å². The molecule has 0 radical (unpaired) electrons. The minimum Gasteiger partial charge on any atom is -0.480 e. The van der Waals surface area contributed by atoms with Crippen LogP contribution < -0.4 is 38.9 Å². The number of fused-ring (bicyclic) bond motifs is 1. The molecule has 14 nitrogen and oxygen atoms in total. The molecule has 0 saturated heterocycles. The van der Waals surface area contributed by atoms with Gasteiger partial charge in [-0.05, 0) is 49.8 Å². The third-order valence-corrected chi connectivity index (χ3v) is 7.39. The largest absolute Gasteiger partial charge is 0.480 e. The van der Waals surface area contributed by atoms with Gasteiger partial charge in [-0.2, -0.15) is 0 Å². The molecule has 1 aromatic carbocycles. The summed E-state index contributed by atoms with van der Waals surface area (Å²) in [7, 11) is 0. The second-order valence-corrected chi connectivity index (χ2v) is 10.7. The van der Waals surface area contributed by atoms with E-state index in [1.54, 1.807) is 13.1 Å². The third kappa shape index (κ3) is 11.2. The average molecular weight is 602 g/mol. The molecule has 0 aliphatic heterocycles. The number of amides is 3. The molecule has 5 atom stereocenters. The van der Waals surface area contributed by atoms with Crippen LogP contribution in [0.25, 0.3) is 10.9 Å². The van der Waals surface area contributed by atoms with Crippen LogP contribution in [0, 0.1) is 5.92 Å². The fourth-order valence-electron chi connectivity index (χ4n) is 4.63. The van der Waals surface area contributed by atoms with Gasteiger partial charge in [-0.25, -0.2) is 4.79 Å². The van der Waals surface area contributed by atoms with Gasteiger partial charge in [0.15, 0.2) is 5.96 Å². The van der Waals surface area contributed by atoms with Gasteiger partial charge in [-0.3, -0.25) is 19.4 Å². The number of H-pyrrole nitrogens is 1. The number of carboxylic acid groups (broad SMARTS) is 1. The first kappa shape index (κ1) is 35.0. The first-order valence-corrected chi connectivity index (χ1v) is 14.7. The molecule has 0 fully saturated rings. The van der Waals surface area contributed by atoms with Crippen LogP contribution in [0.5, 0.6) is 0 Å². The van der Waals surface area contributed by atoms with E-state index in [4.69, 9.17) is 22.9 Å². The van der Waals surface area contributed by atoms with E-state index in [1.165, 1.54) is 0 Å². The topological polar surface area (TPSA) is 257 Å². The molecule has 0 aliphatic rings. The molecule has 1 aromatic heterocycles. The number of hydrogen-bond acceptors (Lipinski definition) is 7. The van der Waals surface area contributed by atoms with E-state index in [0.29, 0.717) is 32.2 Å². The van der Waals surface area contributed by atoms with Crippen molar-refractivity contribution in [3.8, 4) is 0 Å². The number of aromatic amines is 1. The number of benzene rings is 1. The highest BCUT2D eigenvalue weighted by Gasteiger charge is 2.32. The molecule has 14 heteroatoms. The maximum Gasteiger partial charge on any atom is 0.326 e.